The third-order valence-corrected chi connectivity index (χ3v) is 10.1. The van der Waals surface area contributed by atoms with Crippen LogP contribution in [0.25, 0.3) is 21.5 Å². The van der Waals surface area contributed by atoms with E-state index in [1.807, 2.05) is 18.2 Å². The Morgan fingerprint density at radius 1 is 0.619 bits per heavy atom. The van der Waals surface area contributed by atoms with Gasteiger partial charge in [-0.2, -0.15) is 0 Å². The Kier molecular flexibility index (Phi) is 10.3. The zero-order valence-corrected chi connectivity index (χ0v) is 26.8. The van der Waals surface area contributed by atoms with Gasteiger partial charge in [-0.15, -0.1) is 0 Å². The molecule has 0 bridgehead atoms. The molecule has 6 rings (SSSR count). The average Bonchev–Trinajstić information content (AvgIpc) is 3.01. The Bertz CT molecular complexity index is 1440. The van der Waals surface area contributed by atoms with Gasteiger partial charge in [0.05, 0.1) is 0 Å². The van der Waals surface area contributed by atoms with E-state index in [1.54, 1.807) is 6.07 Å². The molecule has 0 spiro atoms. The monoisotopic (exact) mass is 584 g/mol. The van der Waals surface area contributed by atoms with Gasteiger partial charge >= 0.3 is 0 Å². The zero-order valence-electron chi connectivity index (χ0n) is 25.8. The molecule has 2 heterocycles. The van der Waals surface area contributed by atoms with Crippen molar-refractivity contribution in [2.75, 3.05) is 49.4 Å². The third-order valence-electron chi connectivity index (χ3n) is 8.35. The van der Waals surface area contributed by atoms with E-state index in [0.717, 1.165) is 17.7 Å². The molecule has 4 aromatic carbocycles. The molecule has 224 valence electrons. The van der Waals surface area contributed by atoms with Crippen LogP contribution in [0.3, 0.4) is 0 Å². The van der Waals surface area contributed by atoms with Crippen LogP contribution in [0, 0.1) is 0 Å². The van der Waals surface area contributed by atoms with Crippen molar-refractivity contribution in [2.24, 2.45) is 0 Å². The maximum Gasteiger partial charge on any atom is 0.189 e. The number of hydrogen-bond acceptors (Lipinski definition) is 5. The first-order valence-electron chi connectivity index (χ1n) is 15.8. The van der Waals surface area contributed by atoms with Crippen LogP contribution in [0.5, 0.6) is 11.5 Å². The summed E-state index contributed by atoms with van der Waals surface area (Å²) in [6, 6.07) is 26.3. The van der Waals surface area contributed by atoms with Crippen molar-refractivity contribution in [1.29, 1.82) is 0 Å². The molecule has 2 aliphatic rings. The number of anilines is 2. The van der Waals surface area contributed by atoms with Crippen LogP contribution >= 0.6 is 0 Å². The summed E-state index contributed by atoms with van der Waals surface area (Å²) in [5, 5.41) is 14.2. The highest BCUT2D eigenvalue weighted by Gasteiger charge is 2.13. The number of benzene rings is 4. The van der Waals surface area contributed by atoms with E-state index in [9.17, 15) is 5.11 Å². The fourth-order valence-electron chi connectivity index (χ4n) is 5.77. The van der Waals surface area contributed by atoms with Crippen molar-refractivity contribution in [2.45, 2.75) is 64.2 Å². The Labute approximate surface area is 253 Å². The minimum atomic E-state index is -1.03. The second-order valence-corrected chi connectivity index (χ2v) is 18.6. The topological polar surface area (TPSA) is 45.2 Å². The summed E-state index contributed by atoms with van der Waals surface area (Å²) in [7, 11) is -1.03. The van der Waals surface area contributed by atoms with E-state index in [-0.39, 0.29) is 0 Å². The second-order valence-electron chi connectivity index (χ2n) is 13.0. The lowest BCUT2D eigenvalue weighted by molar-refractivity contribution is 0.0221. The molecule has 4 aromatic rings. The number of aromatic hydroxyl groups is 1. The largest absolute Gasteiger partial charge is 0.508 e. The molecule has 0 saturated carbocycles. The first-order chi connectivity index (χ1) is 20.3. The van der Waals surface area contributed by atoms with Crippen molar-refractivity contribution in [3.63, 3.8) is 0 Å². The van der Waals surface area contributed by atoms with Crippen LogP contribution in [0.1, 0.15) is 38.5 Å². The van der Waals surface area contributed by atoms with E-state index in [0.29, 0.717) is 12.5 Å². The van der Waals surface area contributed by atoms with Crippen LogP contribution in [0.4, 0.5) is 11.4 Å². The van der Waals surface area contributed by atoms with Gasteiger partial charge in [0.25, 0.3) is 0 Å². The highest BCUT2D eigenvalue weighted by Crippen LogP contribution is 2.28. The van der Waals surface area contributed by atoms with Crippen molar-refractivity contribution in [3.8, 4) is 11.5 Å². The fraction of sp³-hybridized carbons (Fsp3) is 0.444. The van der Waals surface area contributed by atoms with Crippen LogP contribution < -0.4 is 14.5 Å². The van der Waals surface area contributed by atoms with Crippen LogP contribution in [0.15, 0.2) is 72.8 Å². The van der Waals surface area contributed by atoms with E-state index in [4.69, 9.17) is 9.47 Å². The molecule has 0 atom stereocenters. The van der Waals surface area contributed by atoms with Gasteiger partial charge < -0.3 is 24.4 Å². The molecular formula is C36H48N2O3Si. The van der Waals surface area contributed by atoms with E-state index in [2.05, 4.69) is 78.0 Å². The van der Waals surface area contributed by atoms with Crippen molar-refractivity contribution >= 4 is 41.0 Å². The van der Waals surface area contributed by atoms with Gasteiger partial charge in [0, 0.05) is 52.2 Å². The summed E-state index contributed by atoms with van der Waals surface area (Å²) >= 11 is 0. The van der Waals surface area contributed by atoms with Gasteiger partial charge in [-0.25, -0.2) is 0 Å². The Morgan fingerprint density at radius 3 is 1.69 bits per heavy atom. The highest BCUT2D eigenvalue weighted by molar-refractivity contribution is 6.76. The molecule has 2 aliphatic heterocycles. The van der Waals surface area contributed by atoms with E-state index < -0.39 is 8.07 Å². The molecule has 0 radical (unpaired) electrons. The second kappa shape index (κ2) is 14.3. The minimum absolute atomic E-state index is 0.335. The van der Waals surface area contributed by atoms with Crippen molar-refractivity contribution in [3.05, 3.63) is 72.8 Å². The Morgan fingerprint density at radius 2 is 1.12 bits per heavy atom. The molecule has 0 amide bonds. The zero-order chi connectivity index (χ0) is 29.4. The lowest BCUT2D eigenvalue weighted by atomic mass is 10.1. The number of rotatable bonds is 8. The van der Waals surface area contributed by atoms with Gasteiger partial charge in [-0.05, 0) is 115 Å². The Hall–Kier alpha value is -3.22. The number of ether oxygens (including phenoxy) is 2. The predicted octanol–water partition coefficient (Wildman–Crippen LogP) is 9.06. The molecule has 0 unspecified atom stereocenters. The maximum absolute atomic E-state index is 9.44. The highest BCUT2D eigenvalue weighted by atomic mass is 28.3. The van der Waals surface area contributed by atoms with Crippen LogP contribution in [0.2, 0.25) is 25.7 Å². The number of nitrogens with zero attached hydrogens (tertiary/aromatic N) is 2. The molecule has 5 nitrogen and oxygen atoms in total. The summed E-state index contributed by atoms with van der Waals surface area (Å²) in [5.74, 6) is 1.22. The van der Waals surface area contributed by atoms with Gasteiger partial charge in [0.1, 0.15) is 11.5 Å². The minimum Gasteiger partial charge on any atom is -0.508 e. The normalized spacial score (nSPS) is 15.9. The lowest BCUT2D eigenvalue weighted by Gasteiger charge is -2.29. The Balaban J connectivity index is 0.000000180. The number of phenolic OH excluding ortho intramolecular Hbond substituents is 1. The number of piperidine rings is 2. The summed E-state index contributed by atoms with van der Waals surface area (Å²) in [4.78, 5) is 4.95. The summed E-state index contributed by atoms with van der Waals surface area (Å²) in [6.45, 7) is 12.9. The van der Waals surface area contributed by atoms with Gasteiger partial charge in [-0.3, -0.25) is 0 Å². The van der Waals surface area contributed by atoms with Gasteiger partial charge in [0.15, 0.2) is 6.79 Å². The van der Waals surface area contributed by atoms with Crippen LogP contribution in [-0.4, -0.2) is 52.8 Å². The number of hydrogen-bond donors (Lipinski definition) is 1. The molecule has 42 heavy (non-hydrogen) atoms. The fourth-order valence-corrected chi connectivity index (χ4v) is 6.52. The molecule has 1 N–H and O–H groups in total. The third kappa shape index (κ3) is 8.65. The summed E-state index contributed by atoms with van der Waals surface area (Å²) < 4.78 is 11.4. The molecule has 0 aromatic heterocycles. The average molecular weight is 585 g/mol. The molecule has 0 aliphatic carbocycles. The number of phenols is 1. The van der Waals surface area contributed by atoms with Crippen molar-refractivity contribution in [1.82, 2.24) is 0 Å². The molecular weight excluding hydrogens is 536 g/mol. The molecule has 6 heteroatoms. The number of fused-ring (bicyclic) bond motifs is 2. The van der Waals surface area contributed by atoms with Gasteiger partial charge in [-0.1, -0.05) is 43.9 Å². The first-order valence-corrected chi connectivity index (χ1v) is 19.5. The summed E-state index contributed by atoms with van der Waals surface area (Å²) in [5.41, 5.74) is 2.65. The smallest absolute Gasteiger partial charge is 0.189 e. The predicted molar refractivity (Wildman–Crippen MR) is 181 cm³/mol. The first kappa shape index (κ1) is 30.2. The quantitative estimate of drug-likeness (QED) is 0.127. The van der Waals surface area contributed by atoms with Crippen LogP contribution in [-0.2, 0) is 4.74 Å². The SMILES string of the molecule is C[Si](C)(C)CCOCOc1ccc2cc(N3CCCCC3)ccc2c1.Oc1ccc2cc(N3CCCCC3)ccc2c1. The molecule has 2 fully saturated rings. The van der Waals surface area contributed by atoms with E-state index >= 15 is 0 Å². The lowest BCUT2D eigenvalue weighted by Crippen LogP contribution is -2.29. The maximum atomic E-state index is 9.44. The van der Waals surface area contributed by atoms with Gasteiger partial charge in [0.2, 0.25) is 0 Å². The van der Waals surface area contributed by atoms with E-state index in [1.165, 1.54) is 98.3 Å². The van der Waals surface area contributed by atoms with Crippen molar-refractivity contribution < 1.29 is 14.6 Å². The standard InChI is InChI=1S/C21H31NO2Si.C15H17NO/c1-25(2,3)14-13-23-17-24-21-10-8-18-15-20(9-7-19(18)16-21)22-11-5-4-6-12-22;17-15-7-5-12-10-14(6-4-13(12)11-15)16-8-2-1-3-9-16/h7-10,15-16H,4-6,11-14,17H2,1-3H3;4-7,10-11,17H,1-3,8-9H2. The summed E-state index contributed by atoms with van der Waals surface area (Å²) in [6.07, 6.45) is 7.94. The molecule has 2 saturated heterocycles.